The first-order valence-corrected chi connectivity index (χ1v) is 7.10. The molecule has 2 heterocycles. The Hall–Kier alpha value is -0.870. The van der Waals surface area contributed by atoms with E-state index in [1.165, 1.54) is 19.4 Å². The predicted octanol–water partition coefficient (Wildman–Crippen LogP) is 2.14. The first-order chi connectivity index (χ1) is 8.74. The van der Waals surface area contributed by atoms with Crippen molar-refractivity contribution in [3.8, 4) is 0 Å². The largest absolute Gasteiger partial charge is 0.357 e. The zero-order valence-corrected chi connectivity index (χ0v) is 11.9. The quantitative estimate of drug-likeness (QED) is 0.766. The van der Waals surface area contributed by atoms with Crippen LogP contribution >= 0.6 is 11.6 Å². The number of anilines is 1. The smallest absolute Gasteiger partial charge is 0.146 e. The number of halogens is 1. The van der Waals surface area contributed by atoms with Crippen molar-refractivity contribution < 1.29 is 0 Å². The van der Waals surface area contributed by atoms with Crippen LogP contribution in [0.25, 0.3) is 0 Å². The first kappa shape index (κ1) is 13.6. The lowest BCUT2D eigenvalue weighted by Gasteiger charge is -2.28. The lowest BCUT2D eigenvalue weighted by Crippen LogP contribution is -2.39. The lowest BCUT2D eigenvalue weighted by molar-refractivity contribution is 0.270. The van der Waals surface area contributed by atoms with Gasteiger partial charge in [0.2, 0.25) is 0 Å². The standard InChI is InChI=1S/C13H21ClN4/c1-3-18-6-4-5-12(18)10-17(2)13-9-15-11(7-14)8-16-13/h8-9,12H,3-7,10H2,1-2H3. The average Bonchev–Trinajstić information content (AvgIpc) is 2.86. The van der Waals surface area contributed by atoms with E-state index < -0.39 is 0 Å². The first-order valence-electron chi connectivity index (χ1n) is 6.56. The number of rotatable bonds is 5. The molecule has 0 aromatic carbocycles. The molecule has 1 unspecified atom stereocenters. The third kappa shape index (κ3) is 3.12. The van der Waals surface area contributed by atoms with Crippen LogP contribution in [-0.4, -0.2) is 47.6 Å². The Morgan fingerprint density at radius 3 is 2.89 bits per heavy atom. The summed E-state index contributed by atoms with van der Waals surface area (Å²) >= 11 is 5.71. The fourth-order valence-corrected chi connectivity index (χ4v) is 2.68. The van der Waals surface area contributed by atoms with E-state index in [1.807, 2.05) is 6.20 Å². The summed E-state index contributed by atoms with van der Waals surface area (Å²) in [5.41, 5.74) is 0.824. The van der Waals surface area contributed by atoms with Crippen LogP contribution in [0.2, 0.25) is 0 Å². The summed E-state index contributed by atoms with van der Waals surface area (Å²) in [6, 6.07) is 0.648. The molecule has 1 aliphatic rings. The number of alkyl halides is 1. The Morgan fingerprint density at radius 2 is 2.28 bits per heavy atom. The van der Waals surface area contributed by atoms with Crippen molar-refractivity contribution in [2.75, 3.05) is 31.6 Å². The summed E-state index contributed by atoms with van der Waals surface area (Å²) in [5, 5.41) is 0. The van der Waals surface area contributed by atoms with Crippen LogP contribution in [0.1, 0.15) is 25.5 Å². The van der Waals surface area contributed by atoms with E-state index in [9.17, 15) is 0 Å². The van der Waals surface area contributed by atoms with E-state index in [-0.39, 0.29) is 0 Å². The summed E-state index contributed by atoms with van der Waals surface area (Å²) in [6.45, 7) is 5.61. The third-order valence-electron chi connectivity index (χ3n) is 3.61. The molecule has 1 aromatic rings. The molecular weight excluding hydrogens is 248 g/mol. The maximum Gasteiger partial charge on any atom is 0.146 e. The highest BCUT2D eigenvalue weighted by Gasteiger charge is 2.24. The minimum atomic E-state index is 0.420. The van der Waals surface area contributed by atoms with Crippen LogP contribution in [-0.2, 0) is 5.88 Å². The summed E-state index contributed by atoms with van der Waals surface area (Å²) in [6.07, 6.45) is 6.16. The monoisotopic (exact) mass is 268 g/mol. The normalized spacial score (nSPS) is 20.3. The second-order valence-electron chi connectivity index (χ2n) is 4.80. The number of hydrogen-bond acceptors (Lipinski definition) is 4. The number of likely N-dealkylation sites (N-methyl/N-ethyl adjacent to an activating group) is 2. The second-order valence-corrected chi connectivity index (χ2v) is 5.07. The van der Waals surface area contributed by atoms with Crippen molar-refractivity contribution in [3.63, 3.8) is 0 Å². The van der Waals surface area contributed by atoms with Gasteiger partial charge < -0.3 is 4.90 Å². The molecule has 0 N–H and O–H groups in total. The summed E-state index contributed by atoms with van der Waals surface area (Å²) in [7, 11) is 2.08. The van der Waals surface area contributed by atoms with Crippen LogP contribution in [0.15, 0.2) is 12.4 Å². The molecule has 18 heavy (non-hydrogen) atoms. The Morgan fingerprint density at radius 1 is 1.44 bits per heavy atom. The van der Waals surface area contributed by atoms with Crippen molar-refractivity contribution in [1.29, 1.82) is 0 Å². The number of hydrogen-bond donors (Lipinski definition) is 0. The topological polar surface area (TPSA) is 32.3 Å². The summed E-state index contributed by atoms with van der Waals surface area (Å²) in [5.74, 6) is 1.34. The van der Waals surface area contributed by atoms with Gasteiger partial charge in [-0.15, -0.1) is 11.6 Å². The van der Waals surface area contributed by atoms with Gasteiger partial charge in [-0.3, -0.25) is 9.88 Å². The van der Waals surface area contributed by atoms with Crippen molar-refractivity contribution in [2.24, 2.45) is 0 Å². The van der Waals surface area contributed by atoms with Gasteiger partial charge >= 0.3 is 0 Å². The molecule has 100 valence electrons. The maximum absolute atomic E-state index is 5.71. The van der Waals surface area contributed by atoms with Gasteiger partial charge in [-0.25, -0.2) is 4.98 Å². The molecule has 1 atom stereocenters. The summed E-state index contributed by atoms with van der Waals surface area (Å²) in [4.78, 5) is 13.4. The molecule has 1 aromatic heterocycles. The van der Waals surface area contributed by atoms with Gasteiger partial charge in [0.25, 0.3) is 0 Å². The molecule has 2 rings (SSSR count). The van der Waals surface area contributed by atoms with Gasteiger partial charge in [0, 0.05) is 19.6 Å². The molecule has 0 aliphatic carbocycles. The zero-order valence-electron chi connectivity index (χ0n) is 11.1. The van der Waals surface area contributed by atoms with Crippen molar-refractivity contribution >= 4 is 17.4 Å². The van der Waals surface area contributed by atoms with E-state index >= 15 is 0 Å². The van der Waals surface area contributed by atoms with Crippen LogP contribution in [0.4, 0.5) is 5.82 Å². The number of aromatic nitrogens is 2. The highest BCUT2D eigenvalue weighted by Crippen LogP contribution is 2.19. The van der Waals surface area contributed by atoms with E-state index in [0.717, 1.165) is 24.6 Å². The second kappa shape index (κ2) is 6.34. The van der Waals surface area contributed by atoms with E-state index in [0.29, 0.717) is 11.9 Å². The number of nitrogens with zero attached hydrogens (tertiary/aromatic N) is 4. The van der Waals surface area contributed by atoms with E-state index in [4.69, 9.17) is 11.6 Å². The summed E-state index contributed by atoms with van der Waals surface area (Å²) < 4.78 is 0. The molecule has 0 amide bonds. The number of likely N-dealkylation sites (tertiary alicyclic amines) is 1. The SMILES string of the molecule is CCN1CCCC1CN(C)c1cnc(CCl)cn1. The average molecular weight is 269 g/mol. The molecule has 1 saturated heterocycles. The Bertz CT molecular complexity index is 368. The Balaban J connectivity index is 1.95. The van der Waals surface area contributed by atoms with Gasteiger partial charge in [-0.1, -0.05) is 6.92 Å². The van der Waals surface area contributed by atoms with E-state index in [2.05, 4.69) is 33.7 Å². The van der Waals surface area contributed by atoms with Crippen molar-refractivity contribution in [3.05, 3.63) is 18.1 Å². The fourth-order valence-electron chi connectivity index (χ4n) is 2.54. The van der Waals surface area contributed by atoms with Crippen LogP contribution in [0.5, 0.6) is 0 Å². The van der Waals surface area contributed by atoms with Gasteiger partial charge in [0.05, 0.1) is 24.0 Å². The fraction of sp³-hybridized carbons (Fsp3) is 0.692. The van der Waals surface area contributed by atoms with Crippen molar-refractivity contribution in [2.45, 2.75) is 31.7 Å². The highest BCUT2D eigenvalue weighted by molar-refractivity contribution is 6.16. The minimum absolute atomic E-state index is 0.420. The highest BCUT2D eigenvalue weighted by atomic mass is 35.5. The molecule has 0 radical (unpaired) electrons. The molecule has 1 aliphatic heterocycles. The molecule has 0 saturated carbocycles. The molecule has 5 heteroatoms. The van der Waals surface area contributed by atoms with Gasteiger partial charge in [0.15, 0.2) is 0 Å². The van der Waals surface area contributed by atoms with Gasteiger partial charge in [-0.2, -0.15) is 0 Å². The predicted molar refractivity (Wildman–Crippen MR) is 75.1 cm³/mol. The molecule has 0 spiro atoms. The minimum Gasteiger partial charge on any atom is -0.357 e. The van der Waals surface area contributed by atoms with Crippen molar-refractivity contribution in [1.82, 2.24) is 14.9 Å². The third-order valence-corrected chi connectivity index (χ3v) is 3.88. The van der Waals surface area contributed by atoms with Crippen LogP contribution < -0.4 is 4.90 Å². The van der Waals surface area contributed by atoms with Gasteiger partial charge in [0.1, 0.15) is 5.82 Å². The Kier molecular flexibility index (Phi) is 4.78. The maximum atomic E-state index is 5.71. The molecule has 4 nitrogen and oxygen atoms in total. The van der Waals surface area contributed by atoms with Gasteiger partial charge in [-0.05, 0) is 25.9 Å². The Labute approximate surface area is 114 Å². The molecule has 1 fully saturated rings. The van der Waals surface area contributed by atoms with E-state index in [1.54, 1.807) is 6.20 Å². The molecular formula is C13H21ClN4. The van der Waals surface area contributed by atoms with Crippen LogP contribution in [0, 0.1) is 0 Å². The zero-order chi connectivity index (χ0) is 13.0. The molecule has 0 bridgehead atoms. The van der Waals surface area contributed by atoms with Crippen LogP contribution in [0.3, 0.4) is 0 Å². The lowest BCUT2D eigenvalue weighted by atomic mass is 10.2.